The quantitative estimate of drug-likeness (QED) is 0.544. The molecule has 0 aliphatic carbocycles. The first-order valence-electron chi connectivity index (χ1n) is 10.4. The van der Waals surface area contributed by atoms with Crippen molar-refractivity contribution in [2.24, 2.45) is 0 Å². The van der Waals surface area contributed by atoms with Crippen LogP contribution >= 0.6 is 11.6 Å². The minimum atomic E-state index is -3.61. The first-order chi connectivity index (χ1) is 15.4. The molecular weight excluding hydrogens is 469 g/mol. The number of hydrogen-bond donors (Lipinski definition) is 1. The molecule has 0 aliphatic rings. The third-order valence-electron chi connectivity index (χ3n) is 5.27. The summed E-state index contributed by atoms with van der Waals surface area (Å²) >= 11 is 6.06. The highest BCUT2D eigenvalue weighted by Crippen LogP contribution is 2.27. The van der Waals surface area contributed by atoms with Crippen LogP contribution < -0.4 is 9.62 Å². The van der Waals surface area contributed by atoms with E-state index in [1.165, 1.54) is 28.4 Å². The number of rotatable bonds is 10. The lowest BCUT2D eigenvalue weighted by molar-refractivity contribution is -0.140. The van der Waals surface area contributed by atoms with Crippen LogP contribution in [0.15, 0.2) is 42.5 Å². The van der Waals surface area contributed by atoms with E-state index in [0.717, 1.165) is 11.8 Å². The van der Waals surface area contributed by atoms with Crippen LogP contribution in [0.1, 0.15) is 30.9 Å². The molecule has 1 atom stereocenters. The monoisotopic (exact) mass is 497 g/mol. The Morgan fingerprint density at radius 2 is 1.79 bits per heavy atom. The molecule has 7 nitrogen and oxygen atoms in total. The highest BCUT2D eigenvalue weighted by Gasteiger charge is 2.26. The number of halogens is 2. The van der Waals surface area contributed by atoms with E-state index in [2.05, 4.69) is 5.32 Å². The molecule has 1 unspecified atom stereocenters. The molecule has 0 spiro atoms. The maximum absolute atomic E-state index is 13.2. The predicted octanol–water partition coefficient (Wildman–Crippen LogP) is 3.50. The van der Waals surface area contributed by atoms with E-state index in [0.29, 0.717) is 16.3 Å². The number of hydrogen-bond acceptors (Lipinski definition) is 4. The van der Waals surface area contributed by atoms with E-state index in [9.17, 15) is 22.4 Å². The van der Waals surface area contributed by atoms with E-state index in [1.807, 2.05) is 0 Å². The average molecular weight is 498 g/mol. The van der Waals surface area contributed by atoms with Gasteiger partial charge in [0, 0.05) is 31.6 Å². The lowest BCUT2D eigenvalue weighted by atomic mass is 10.1. The fraction of sp³-hybridized carbons (Fsp3) is 0.391. The number of anilines is 1. The van der Waals surface area contributed by atoms with Crippen LogP contribution in [0.25, 0.3) is 0 Å². The van der Waals surface area contributed by atoms with Gasteiger partial charge in [-0.15, -0.1) is 0 Å². The van der Waals surface area contributed by atoms with Gasteiger partial charge in [-0.25, -0.2) is 12.8 Å². The summed E-state index contributed by atoms with van der Waals surface area (Å²) in [6.45, 7) is 3.59. The van der Waals surface area contributed by atoms with Gasteiger partial charge in [-0.3, -0.25) is 13.9 Å². The molecule has 10 heteroatoms. The Morgan fingerprint density at radius 3 is 2.36 bits per heavy atom. The van der Waals surface area contributed by atoms with Crippen molar-refractivity contribution in [1.29, 1.82) is 0 Å². The van der Waals surface area contributed by atoms with Crippen LogP contribution in [-0.2, 0) is 26.2 Å². The van der Waals surface area contributed by atoms with Gasteiger partial charge in [0.1, 0.15) is 11.9 Å². The van der Waals surface area contributed by atoms with Gasteiger partial charge in [0.05, 0.1) is 11.9 Å². The Morgan fingerprint density at radius 1 is 1.15 bits per heavy atom. The smallest absolute Gasteiger partial charge is 0.242 e. The van der Waals surface area contributed by atoms with E-state index >= 15 is 0 Å². The molecular formula is C23H29ClFN3O4S. The van der Waals surface area contributed by atoms with Crippen molar-refractivity contribution in [2.45, 2.75) is 39.3 Å². The number of aryl methyl sites for hydroxylation is 1. The second-order valence-electron chi connectivity index (χ2n) is 7.81. The lowest BCUT2D eigenvalue weighted by Crippen LogP contribution is -2.46. The van der Waals surface area contributed by atoms with Crippen LogP contribution in [0.5, 0.6) is 0 Å². The maximum atomic E-state index is 13.2. The second kappa shape index (κ2) is 11.5. The summed E-state index contributed by atoms with van der Waals surface area (Å²) < 4.78 is 39.3. The molecule has 0 aliphatic heterocycles. The molecule has 33 heavy (non-hydrogen) atoms. The molecule has 180 valence electrons. The highest BCUT2D eigenvalue weighted by molar-refractivity contribution is 7.92. The summed E-state index contributed by atoms with van der Waals surface area (Å²) in [5.41, 5.74) is 1.87. The standard InChI is InChI=1S/C23H29ClFN3O4S/c1-16-7-10-19(24)14-21(16)28(33(4,31)32)13-5-6-22(29)27(17(2)23(30)26-3)15-18-8-11-20(25)12-9-18/h7-12,14,17H,5-6,13,15H2,1-4H3,(H,26,30). The summed E-state index contributed by atoms with van der Waals surface area (Å²) in [6, 6.07) is 9.93. The van der Waals surface area contributed by atoms with Gasteiger partial charge < -0.3 is 10.2 Å². The number of likely N-dealkylation sites (N-methyl/N-ethyl adjacent to an activating group) is 1. The number of nitrogens with one attached hydrogen (secondary N) is 1. The normalized spacial score (nSPS) is 12.2. The zero-order valence-corrected chi connectivity index (χ0v) is 20.7. The van der Waals surface area contributed by atoms with Crippen molar-refractivity contribution in [1.82, 2.24) is 10.2 Å². The Kier molecular flexibility index (Phi) is 9.25. The minimum Gasteiger partial charge on any atom is -0.357 e. The summed E-state index contributed by atoms with van der Waals surface area (Å²) in [4.78, 5) is 26.7. The van der Waals surface area contributed by atoms with Crippen LogP contribution in [0.3, 0.4) is 0 Å². The topological polar surface area (TPSA) is 86.8 Å². The zero-order valence-electron chi connectivity index (χ0n) is 19.1. The molecule has 0 heterocycles. The second-order valence-corrected chi connectivity index (χ2v) is 10.2. The minimum absolute atomic E-state index is 0.0220. The summed E-state index contributed by atoms with van der Waals surface area (Å²) in [6.07, 6.45) is 1.36. The van der Waals surface area contributed by atoms with Crippen molar-refractivity contribution in [3.8, 4) is 0 Å². The largest absolute Gasteiger partial charge is 0.357 e. The van der Waals surface area contributed by atoms with E-state index in [1.54, 1.807) is 44.2 Å². The van der Waals surface area contributed by atoms with E-state index in [4.69, 9.17) is 11.6 Å². The number of nitrogens with zero attached hydrogens (tertiary/aromatic N) is 2. The Hall–Kier alpha value is -2.65. The molecule has 2 aromatic rings. The Labute approximate surface area is 199 Å². The van der Waals surface area contributed by atoms with Crippen LogP contribution in [0.4, 0.5) is 10.1 Å². The number of benzene rings is 2. The first-order valence-corrected chi connectivity index (χ1v) is 12.7. The molecule has 0 radical (unpaired) electrons. The number of carbonyl (C=O) groups excluding carboxylic acids is 2. The molecule has 0 saturated heterocycles. The highest BCUT2D eigenvalue weighted by atomic mass is 35.5. The Bertz CT molecular complexity index is 1090. The number of carbonyl (C=O) groups is 2. The third-order valence-corrected chi connectivity index (χ3v) is 6.69. The first kappa shape index (κ1) is 26.6. The van der Waals surface area contributed by atoms with E-state index in [-0.39, 0.29) is 37.7 Å². The number of amides is 2. The molecule has 0 aromatic heterocycles. The Balaban J connectivity index is 2.17. The van der Waals surface area contributed by atoms with Gasteiger partial charge in [0.25, 0.3) is 0 Å². The average Bonchev–Trinajstić information content (AvgIpc) is 2.76. The SMILES string of the molecule is CNC(=O)C(C)N(Cc1ccc(F)cc1)C(=O)CCCN(c1cc(Cl)ccc1C)S(C)(=O)=O. The predicted molar refractivity (Wildman–Crippen MR) is 128 cm³/mol. The van der Waals surface area contributed by atoms with Crippen molar-refractivity contribution in [3.05, 3.63) is 64.4 Å². The molecule has 0 fully saturated rings. The molecule has 0 bridgehead atoms. The molecule has 2 aromatic carbocycles. The third kappa shape index (κ3) is 7.43. The van der Waals surface area contributed by atoms with Gasteiger partial charge in [-0.1, -0.05) is 29.8 Å². The van der Waals surface area contributed by atoms with Crippen LogP contribution in [0.2, 0.25) is 5.02 Å². The van der Waals surface area contributed by atoms with Crippen LogP contribution in [0, 0.1) is 12.7 Å². The van der Waals surface area contributed by atoms with Crippen LogP contribution in [-0.4, -0.2) is 51.0 Å². The fourth-order valence-corrected chi connectivity index (χ4v) is 4.59. The molecule has 2 rings (SSSR count). The summed E-state index contributed by atoms with van der Waals surface area (Å²) in [5.74, 6) is -1.04. The lowest BCUT2D eigenvalue weighted by Gasteiger charge is -2.29. The van der Waals surface area contributed by atoms with Gasteiger partial charge in [0.15, 0.2) is 0 Å². The zero-order chi connectivity index (χ0) is 24.8. The molecule has 2 amide bonds. The molecule has 0 saturated carbocycles. The van der Waals surface area contributed by atoms with Crippen molar-refractivity contribution in [3.63, 3.8) is 0 Å². The number of sulfonamides is 1. The van der Waals surface area contributed by atoms with Gasteiger partial charge in [-0.2, -0.15) is 0 Å². The van der Waals surface area contributed by atoms with Crippen molar-refractivity contribution < 1.29 is 22.4 Å². The summed E-state index contributed by atoms with van der Waals surface area (Å²) in [5, 5.41) is 2.94. The maximum Gasteiger partial charge on any atom is 0.242 e. The van der Waals surface area contributed by atoms with E-state index < -0.39 is 21.9 Å². The van der Waals surface area contributed by atoms with Gasteiger partial charge in [0.2, 0.25) is 21.8 Å². The van der Waals surface area contributed by atoms with Gasteiger partial charge >= 0.3 is 0 Å². The van der Waals surface area contributed by atoms with Gasteiger partial charge in [-0.05, 0) is 55.7 Å². The fourth-order valence-electron chi connectivity index (χ4n) is 3.41. The van der Waals surface area contributed by atoms with Crippen molar-refractivity contribution in [2.75, 3.05) is 24.2 Å². The summed E-state index contributed by atoms with van der Waals surface area (Å²) in [7, 11) is -2.13. The molecule has 1 N–H and O–H groups in total. The van der Waals surface area contributed by atoms with Crippen molar-refractivity contribution >= 4 is 39.1 Å².